The Labute approximate surface area is 149 Å². The van der Waals surface area contributed by atoms with Crippen LogP contribution in [0.25, 0.3) is 11.5 Å². The third-order valence-corrected chi connectivity index (χ3v) is 4.02. The van der Waals surface area contributed by atoms with Crippen molar-refractivity contribution in [1.82, 2.24) is 10.2 Å². The van der Waals surface area contributed by atoms with Crippen LogP contribution in [0.2, 0.25) is 0 Å². The molecule has 1 aromatic carbocycles. The monoisotopic (exact) mass is 368 g/mol. The highest BCUT2D eigenvalue weighted by Crippen LogP contribution is 2.40. The Kier molecular flexibility index (Phi) is 6.93. The zero-order valence-electron chi connectivity index (χ0n) is 14.5. The van der Waals surface area contributed by atoms with Gasteiger partial charge in [-0.15, -0.1) is 22.0 Å². The standard InChI is InChI=1S/C16H20N2O6S/c1-5-23-14(19)9-25-8-13-17-18-16(24-13)10-6-11(20-2)15(22-4)12(7-10)21-3/h6-7H,5,8-9H2,1-4H3. The molecule has 1 heterocycles. The Morgan fingerprint density at radius 3 is 2.36 bits per heavy atom. The van der Waals surface area contributed by atoms with Crippen molar-refractivity contribution in [1.29, 1.82) is 0 Å². The molecule has 0 radical (unpaired) electrons. The van der Waals surface area contributed by atoms with Crippen molar-refractivity contribution in [3.8, 4) is 28.7 Å². The molecule has 25 heavy (non-hydrogen) atoms. The van der Waals surface area contributed by atoms with E-state index in [9.17, 15) is 4.79 Å². The summed E-state index contributed by atoms with van der Waals surface area (Å²) in [5, 5.41) is 8.02. The van der Waals surface area contributed by atoms with Crippen LogP contribution in [0.1, 0.15) is 12.8 Å². The number of carbonyl (C=O) groups excluding carboxylic acids is 1. The molecule has 2 aromatic rings. The number of hydrogen-bond donors (Lipinski definition) is 0. The molecule has 0 bridgehead atoms. The maximum absolute atomic E-state index is 11.3. The smallest absolute Gasteiger partial charge is 0.315 e. The number of ether oxygens (including phenoxy) is 4. The number of carbonyl (C=O) groups is 1. The van der Waals surface area contributed by atoms with Gasteiger partial charge in [0.15, 0.2) is 11.5 Å². The van der Waals surface area contributed by atoms with Crippen LogP contribution in [0.5, 0.6) is 17.2 Å². The summed E-state index contributed by atoms with van der Waals surface area (Å²) in [5.74, 6) is 2.59. The van der Waals surface area contributed by atoms with Crippen molar-refractivity contribution in [3.63, 3.8) is 0 Å². The predicted molar refractivity (Wildman–Crippen MR) is 92.2 cm³/mol. The third-order valence-electron chi connectivity index (χ3n) is 3.13. The first-order valence-corrected chi connectivity index (χ1v) is 8.64. The minimum Gasteiger partial charge on any atom is -0.493 e. The van der Waals surface area contributed by atoms with Gasteiger partial charge >= 0.3 is 5.97 Å². The summed E-state index contributed by atoms with van der Waals surface area (Å²) < 4.78 is 26.4. The maximum atomic E-state index is 11.3. The quantitative estimate of drug-likeness (QED) is 0.619. The van der Waals surface area contributed by atoms with Crippen molar-refractivity contribution < 1.29 is 28.2 Å². The lowest BCUT2D eigenvalue weighted by atomic mass is 10.2. The first-order chi connectivity index (χ1) is 12.1. The van der Waals surface area contributed by atoms with Gasteiger partial charge in [-0.1, -0.05) is 0 Å². The molecule has 0 fully saturated rings. The summed E-state index contributed by atoms with van der Waals surface area (Å²) in [6.07, 6.45) is 0. The molecule has 0 amide bonds. The Morgan fingerprint density at radius 1 is 1.12 bits per heavy atom. The van der Waals surface area contributed by atoms with Gasteiger partial charge in [0.25, 0.3) is 0 Å². The van der Waals surface area contributed by atoms with E-state index in [1.165, 1.54) is 33.1 Å². The summed E-state index contributed by atoms with van der Waals surface area (Å²) in [6.45, 7) is 2.13. The second-order valence-electron chi connectivity index (χ2n) is 4.71. The van der Waals surface area contributed by atoms with Crippen LogP contribution < -0.4 is 14.2 Å². The molecule has 8 nitrogen and oxygen atoms in total. The number of aromatic nitrogens is 2. The van der Waals surface area contributed by atoms with E-state index >= 15 is 0 Å². The third kappa shape index (κ3) is 4.79. The SMILES string of the molecule is CCOC(=O)CSCc1nnc(-c2cc(OC)c(OC)c(OC)c2)o1. The predicted octanol–water partition coefficient (Wildman–Crippen LogP) is 2.56. The minimum absolute atomic E-state index is 0.232. The number of nitrogens with zero attached hydrogens (tertiary/aromatic N) is 2. The van der Waals surface area contributed by atoms with E-state index in [4.69, 9.17) is 23.4 Å². The summed E-state index contributed by atoms with van der Waals surface area (Å²) >= 11 is 1.34. The molecular formula is C16H20N2O6S. The Bertz CT molecular complexity index is 693. The zero-order chi connectivity index (χ0) is 18.2. The van der Waals surface area contributed by atoms with E-state index in [-0.39, 0.29) is 11.7 Å². The minimum atomic E-state index is -0.267. The number of esters is 1. The Balaban J connectivity index is 2.12. The fourth-order valence-electron chi connectivity index (χ4n) is 2.06. The normalized spacial score (nSPS) is 10.4. The van der Waals surface area contributed by atoms with E-state index in [1.54, 1.807) is 19.1 Å². The second-order valence-corrected chi connectivity index (χ2v) is 5.70. The zero-order valence-corrected chi connectivity index (χ0v) is 15.3. The lowest BCUT2D eigenvalue weighted by molar-refractivity contribution is -0.139. The highest BCUT2D eigenvalue weighted by atomic mass is 32.2. The molecule has 0 aliphatic carbocycles. The molecule has 136 valence electrons. The van der Waals surface area contributed by atoms with Crippen molar-refractivity contribution in [2.45, 2.75) is 12.7 Å². The number of benzene rings is 1. The van der Waals surface area contributed by atoms with Crippen LogP contribution in [-0.4, -0.2) is 49.9 Å². The number of thioether (sulfide) groups is 1. The topological polar surface area (TPSA) is 92.9 Å². The highest BCUT2D eigenvalue weighted by Gasteiger charge is 2.17. The largest absolute Gasteiger partial charge is 0.493 e. The van der Waals surface area contributed by atoms with E-state index in [1.807, 2.05) is 0 Å². The molecule has 0 unspecified atom stereocenters. The molecule has 0 saturated carbocycles. The summed E-state index contributed by atoms with van der Waals surface area (Å²) in [6, 6.07) is 3.45. The van der Waals surface area contributed by atoms with Crippen molar-refractivity contribution in [2.24, 2.45) is 0 Å². The van der Waals surface area contributed by atoms with E-state index in [0.29, 0.717) is 47.0 Å². The Hall–Kier alpha value is -2.42. The molecule has 0 aliphatic heterocycles. The van der Waals surface area contributed by atoms with Gasteiger partial charge in [0.1, 0.15) is 0 Å². The molecule has 9 heteroatoms. The highest BCUT2D eigenvalue weighted by molar-refractivity contribution is 7.99. The number of methoxy groups -OCH3 is 3. The van der Waals surface area contributed by atoms with Crippen LogP contribution >= 0.6 is 11.8 Å². The molecular weight excluding hydrogens is 348 g/mol. The molecule has 1 aromatic heterocycles. The molecule has 0 atom stereocenters. The molecule has 0 N–H and O–H groups in total. The van der Waals surface area contributed by atoms with Gasteiger partial charge in [-0.05, 0) is 19.1 Å². The van der Waals surface area contributed by atoms with Gasteiger partial charge in [0.05, 0.1) is 39.4 Å². The van der Waals surface area contributed by atoms with Gasteiger partial charge in [-0.2, -0.15) is 0 Å². The fourth-order valence-corrected chi connectivity index (χ4v) is 2.70. The molecule has 0 aliphatic rings. The van der Waals surface area contributed by atoms with Crippen LogP contribution in [0.3, 0.4) is 0 Å². The van der Waals surface area contributed by atoms with Gasteiger partial charge in [-0.3, -0.25) is 4.79 Å². The van der Waals surface area contributed by atoms with Gasteiger partial charge in [0, 0.05) is 5.56 Å². The summed E-state index contributed by atoms with van der Waals surface area (Å²) in [4.78, 5) is 11.3. The van der Waals surface area contributed by atoms with E-state index < -0.39 is 0 Å². The van der Waals surface area contributed by atoms with Crippen LogP contribution in [-0.2, 0) is 15.3 Å². The average Bonchev–Trinajstić information content (AvgIpc) is 3.09. The molecule has 2 rings (SSSR count). The number of rotatable bonds is 9. The Morgan fingerprint density at radius 2 is 1.80 bits per heavy atom. The average molecular weight is 368 g/mol. The van der Waals surface area contributed by atoms with Crippen LogP contribution in [0.4, 0.5) is 0 Å². The maximum Gasteiger partial charge on any atom is 0.315 e. The lowest BCUT2D eigenvalue weighted by Crippen LogP contribution is -2.06. The lowest BCUT2D eigenvalue weighted by Gasteiger charge is -2.12. The fraction of sp³-hybridized carbons (Fsp3) is 0.438. The molecule has 0 saturated heterocycles. The van der Waals surface area contributed by atoms with E-state index in [2.05, 4.69) is 10.2 Å². The van der Waals surface area contributed by atoms with Crippen molar-refractivity contribution >= 4 is 17.7 Å². The van der Waals surface area contributed by atoms with Crippen molar-refractivity contribution in [2.75, 3.05) is 33.7 Å². The van der Waals surface area contributed by atoms with Crippen LogP contribution in [0, 0.1) is 0 Å². The van der Waals surface area contributed by atoms with E-state index in [0.717, 1.165) is 0 Å². The number of hydrogen-bond acceptors (Lipinski definition) is 9. The first kappa shape index (κ1) is 18.9. The summed E-state index contributed by atoms with van der Waals surface area (Å²) in [7, 11) is 4.60. The van der Waals surface area contributed by atoms with Gasteiger partial charge in [-0.25, -0.2) is 0 Å². The van der Waals surface area contributed by atoms with Crippen molar-refractivity contribution in [3.05, 3.63) is 18.0 Å². The van der Waals surface area contributed by atoms with Crippen LogP contribution in [0.15, 0.2) is 16.5 Å². The second kappa shape index (κ2) is 9.16. The van der Waals surface area contributed by atoms with Gasteiger partial charge < -0.3 is 23.4 Å². The van der Waals surface area contributed by atoms with Gasteiger partial charge in [0.2, 0.25) is 17.5 Å². The summed E-state index contributed by atoms with van der Waals surface area (Å²) in [5.41, 5.74) is 0.642. The first-order valence-electron chi connectivity index (χ1n) is 7.49. The molecule has 0 spiro atoms.